The van der Waals surface area contributed by atoms with Crippen LogP contribution >= 0.6 is 11.6 Å². The monoisotopic (exact) mass is 310 g/mol. The number of hydrogen-bond donors (Lipinski definition) is 3. The molecule has 0 spiro atoms. The zero-order valence-electron chi connectivity index (χ0n) is 12.4. The molecule has 6 heteroatoms. The van der Waals surface area contributed by atoms with Crippen molar-refractivity contribution in [1.29, 1.82) is 0 Å². The number of methoxy groups -OCH3 is 1. The van der Waals surface area contributed by atoms with Crippen LogP contribution in [-0.4, -0.2) is 19.1 Å². The van der Waals surface area contributed by atoms with E-state index in [1.807, 2.05) is 18.2 Å². The van der Waals surface area contributed by atoms with Crippen LogP contribution in [0.3, 0.4) is 0 Å². The molecule has 1 aliphatic rings. The molecule has 21 heavy (non-hydrogen) atoms. The standard InChI is InChI=1S/C15H23ClN4O/c1-21-14-9-5-8-13(16)12(14)10-18-15(20-17)19-11-6-3-2-4-7-11/h5,8-9,11H,2-4,6-7,10,17H2,1H3,(H2,18,19,20). The average molecular weight is 311 g/mol. The summed E-state index contributed by atoms with van der Waals surface area (Å²) in [6.45, 7) is 0.419. The van der Waals surface area contributed by atoms with E-state index in [0.29, 0.717) is 23.6 Å². The van der Waals surface area contributed by atoms with Crippen LogP contribution in [0.4, 0.5) is 0 Å². The van der Waals surface area contributed by atoms with Crippen molar-refractivity contribution in [2.24, 2.45) is 10.8 Å². The van der Waals surface area contributed by atoms with Crippen molar-refractivity contribution in [2.75, 3.05) is 7.11 Å². The van der Waals surface area contributed by atoms with Gasteiger partial charge in [0.1, 0.15) is 5.75 Å². The Balaban J connectivity index is 2.03. The van der Waals surface area contributed by atoms with Crippen LogP contribution in [0.25, 0.3) is 0 Å². The second kappa shape index (κ2) is 8.10. The molecule has 0 saturated heterocycles. The molecule has 116 valence electrons. The van der Waals surface area contributed by atoms with Crippen molar-refractivity contribution >= 4 is 17.6 Å². The molecule has 4 N–H and O–H groups in total. The highest BCUT2D eigenvalue weighted by Crippen LogP contribution is 2.26. The molecular formula is C15H23ClN4O. The summed E-state index contributed by atoms with van der Waals surface area (Å²) >= 11 is 6.21. The van der Waals surface area contributed by atoms with Crippen LogP contribution in [0.2, 0.25) is 5.02 Å². The van der Waals surface area contributed by atoms with Crippen molar-refractivity contribution in [3.05, 3.63) is 28.8 Å². The molecule has 1 aliphatic carbocycles. The zero-order valence-corrected chi connectivity index (χ0v) is 13.1. The fourth-order valence-corrected chi connectivity index (χ4v) is 2.84. The van der Waals surface area contributed by atoms with Crippen molar-refractivity contribution in [3.63, 3.8) is 0 Å². The number of ether oxygens (including phenoxy) is 1. The van der Waals surface area contributed by atoms with Gasteiger partial charge in [-0.2, -0.15) is 0 Å². The SMILES string of the molecule is COc1cccc(Cl)c1CN=C(NN)NC1CCCCC1. The number of nitrogens with zero attached hydrogens (tertiary/aromatic N) is 1. The van der Waals surface area contributed by atoms with Gasteiger partial charge in [0.05, 0.1) is 13.7 Å². The molecule has 0 radical (unpaired) electrons. The lowest BCUT2D eigenvalue weighted by molar-refractivity contribution is 0.408. The molecule has 0 bridgehead atoms. The molecule has 0 aromatic heterocycles. The first-order valence-corrected chi connectivity index (χ1v) is 7.71. The summed E-state index contributed by atoms with van der Waals surface area (Å²) in [6, 6.07) is 6.01. The minimum Gasteiger partial charge on any atom is -0.496 e. The maximum absolute atomic E-state index is 6.21. The van der Waals surface area contributed by atoms with Gasteiger partial charge in [-0.15, -0.1) is 0 Å². The lowest BCUT2D eigenvalue weighted by Crippen LogP contribution is -2.47. The Hall–Kier alpha value is -1.46. The van der Waals surface area contributed by atoms with E-state index in [1.54, 1.807) is 7.11 Å². The summed E-state index contributed by atoms with van der Waals surface area (Å²) in [5.74, 6) is 6.89. The maximum Gasteiger partial charge on any atom is 0.206 e. The molecule has 0 heterocycles. The average Bonchev–Trinajstić information content (AvgIpc) is 2.53. The zero-order chi connectivity index (χ0) is 15.1. The molecule has 5 nitrogen and oxygen atoms in total. The summed E-state index contributed by atoms with van der Waals surface area (Å²) < 4.78 is 5.32. The number of aliphatic imine (C=N–C) groups is 1. The van der Waals surface area contributed by atoms with Crippen LogP contribution in [0.15, 0.2) is 23.2 Å². The first kappa shape index (κ1) is 15.9. The van der Waals surface area contributed by atoms with E-state index in [0.717, 1.165) is 24.2 Å². The van der Waals surface area contributed by atoms with E-state index in [2.05, 4.69) is 15.7 Å². The number of halogens is 1. The van der Waals surface area contributed by atoms with Gasteiger partial charge in [-0.25, -0.2) is 10.8 Å². The molecule has 0 aliphatic heterocycles. The lowest BCUT2D eigenvalue weighted by Gasteiger charge is -2.24. The molecule has 1 aromatic carbocycles. The quantitative estimate of drug-likeness (QED) is 0.346. The van der Waals surface area contributed by atoms with E-state index in [9.17, 15) is 0 Å². The van der Waals surface area contributed by atoms with Gasteiger partial charge >= 0.3 is 0 Å². The number of guanidine groups is 1. The Kier molecular flexibility index (Phi) is 6.14. The van der Waals surface area contributed by atoms with Crippen LogP contribution in [0, 0.1) is 0 Å². The second-order valence-electron chi connectivity index (χ2n) is 5.21. The molecule has 2 rings (SSSR count). The van der Waals surface area contributed by atoms with Gasteiger partial charge in [-0.3, -0.25) is 5.43 Å². The smallest absolute Gasteiger partial charge is 0.206 e. The van der Waals surface area contributed by atoms with Gasteiger partial charge in [0.15, 0.2) is 0 Å². The highest BCUT2D eigenvalue weighted by molar-refractivity contribution is 6.31. The van der Waals surface area contributed by atoms with Crippen molar-refractivity contribution in [3.8, 4) is 5.75 Å². The first-order chi connectivity index (χ1) is 10.2. The minimum absolute atomic E-state index is 0.419. The van der Waals surface area contributed by atoms with Crippen LogP contribution in [0.5, 0.6) is 5.75 Å². The van der Waals surface area contributed by atoms with E-state index < -0.39 is 0 Å². The van der Waals surface area contributed by atoms with Crippen LogP contribution in [-0.2, 0) is 6.54 Å². The van der Waals surface area contributed by atoms with Crippen LogP contribution in [0.1, 0.15) is 37.7 Å². The highest BCUT2D eigenvalue weighted by Gasteiger charge is 2.14. The van der Waals surface area contributed by atoms with Gasteiger partial charge in [0, 0.05) is 16.6 Å². The van der Waals surface area contributed by atoms with E-state index in [4.69, 9.17) is 22.2 Å². The van der Waals surface area contributed by atoms with Gasteiger partial charge in [-0.05, 0) is 25.0 Å². The summed E-state index contributed by atoms with van der Waals surface area (Å²) in [4.78, 5) is 4.48. The van der Waals surface area contributed by atoms with Crippen molar-refractivity contribution in [1.82, 2.24) is 10.7 Å². The van der Waals surface area contributed by atoms with Gasteiger partial charge in [-0.1, -0.05) is 36.9 Å². The Morgan fingerprint density at radius 1 is 1.38 bits per heavy atom. The van der Waals surface area contributed by atoms with Gasteiger partial charge < -0.3 is 10.1 Å². The van der Waals surface area contributed by atoms with Crippen molar-refractivity contribution in [2.45, 2.75) is 44.7 Å². The molecule has 1 aromatic rings. The first-order valence-electron chi connectivity index (χ1n) is 7.33. The second-order valence-corrected chi connectivity index (χ2v) is 5.62. The fraction of sp³-hybridized carbons (Fsp3) is 0.533. The minimum atomic E-state index is 0.419. The Morgan fingerprint density at radius 2 is 2.14 bits per heavy atom. The normalized spacial score (nSPS) is 16.6. The topological polar surface area (TPSA) is 71.7 Å². The molecule has 1 fully saturated rings. The van der Waals surface area contributed by atoms with Gasteiger partial charge in [0.25, 0.3) is 0 Å². The number of nitrogens with two attached hydrogens (primary N) is 1. The predicted octanol–water partition coefficient (Wildman–Crippen LogP) is 2.59. The van der Waals surface area contributed by atoms with Gasteiger partial charge in [0.2, 0.25) is 5.96 Å². The third-order valence-corrected chi connectivity index (χ3v) is 4.13. The fourth-order valence-electron chi connectivity index (χ4n) is 2.61. The summed E-state index contributed by atoms with van der Waals surface area (Å²) in [5.41, 5.74) is 3.49. The summed E-state index contributed by atoms with van der Waals surface area (Å²) in [5, 5.41) is 4.01. The summed E-state index contributed by atoms with van der Waals surface area (Å²) in [7, 11) is 1.63. The number of benzene rings is 1. The van der Waals surface area contributed by atoms with E-state index >= 15 is 0 Å². The number of hydrazine groups is 1. The Bertz CT molecular complexity index is 487. The third kappa shape index (κ3) is 4.51. The summed E-state index contributed by atoms with van der Waals surface area (Å²) in [6.07, 6.45) is 6.16. The Labute approximate surface area is 130 Å². The largest absolute Gasteiger partial charge is 0.496 e. The third-order valence-electron chi connectivity index (χ3n) is 3.77. The highest BCUT2D eigenvalue weighted by atomic mass is 35.5. The number of nitrogens with one attached hydrogen (secondary N) is 2. The molecule has 0 unspecified atom stereocenters. The molecule has 0 amide bonds. The lowest BCUT2D eigenvalue weighted by atomic mass is 9.96. The number of hydrogen-bond acceptors (Lipinski definition) is 3. The Morgan fingerprint density at radius 3 is 2.81 bits per heavy atom. The maximum atomic E-state index is 6.21. The van der Waals surface area contributed by atoms with E-state index in [-0.39, 0.29) is 0 Å². The molecular weight excluding hydrogens is 288 g/mol. The number of rotatable bonds is 4. The van der Waals surface area contributed by atoms with Crippen LogP contribution < -0.4 is 21.3 Å². The molecule has 0 atom stereocenters. The molecule has 1 saturated carbocycles. The van der Waals surface area contributed by atoms with E-state index in [1.165, 1.54) is 19.3 Å². The van der Waals surface area contributed by atoms with Crippen molar-refractivity contribution < 1.29 is 4.74 Å². The predicted molar refractivity (Wildman–Crippen MR) is 86.5 cm³/mol.